The maximum absolute atomic E-state index is 5.24. The summed E-state index contributed by atoms with van der Waals surface area (Å²) in [4.78, 5) is 16.2. The first kappa shape index (κ1) is 16.8. The summed E-state index contributed by atoms with van der Waals surface area (Å²) in [7, 11) is 1.92. The van der Waals surface area contributed by atoms with Gasteiger partial charge in [0.05, 0.1) is 0 Å². The van der Waals surface area contributed by atoms with Crippen molar-refractivity contribution in [3.8, 4) is 23.6 Å². The van der Waals surface area contributed by atoms with Crippen molar-refractivity contribution >= 4 is 17.0 Å². The Bertz CT molecular complexity index is 1010. The van der Waals surface area contributed by atoms with Crippen LogP contribution < -0.4 is 10.8 Å². The van der Waals surface area contributed by atoms with Crippen LogP contribution in [0.15, 0.2) is 35.7 Å². The number of hydrogen-bond acceptors (Lipinski definition) is 4. The highest BCUT2D eigenvalue weighted by atomic mass is 15.1. The molecule has 0 atom stereocenters. The molecule has 3 rings (SSSR count). The third-order valence-corrected chi connectivity index (χ3v) is 3.81. The molecule has 0 fully saturated rings. The smallest absolute Gasteiger partial charge is 0.224 e. The van der Waals surface area contributed by atoms with Crippen LogP contribution in [-0.4, -0.2) is 26.1 Å². The van der Waals surface area contributed by atoms with Crippen LogP contribution in [0.5, 0.6) is 0 Å². The van der Waals surface area contributed by atoms with Crippen molar-refractivity contribution in [2.45, 2.75) is 20.8 Å². The van der Waals surface area contributed by atoms with Crippen LogP contribution in [0, 0.1) is 17.9 Å². The largest absolute Gasteiger partial charge is 0.354 e. The monoisotopic (exact) mass is 334 g/mol. The van der Waals surface area contributed by atoms with Crippen molar-refractivity contribution in [2.24, 2.45) is 17.5 Å². The summed E-state index contributed by atoms with van der Waals surface area (Å²) in [5.74, 6) is 0.629. The minimum Gasteiger partial charge on any atom is -0.354 e. The van der Waals surface area contributed by atoms with Gasteiger partial charge in [0.1, 0.15) is 11.1 Å². The number of anilines is 1. The van der Waals surface area contributed by atoms with Crippen LogP contribution in [0.1, 0.15) is 20.8 Å². The zero-order valence-electron chi connectivity index (χ0n) is 15.0. The Kier molecular flexibility index (Phi) is 4.32. The van der Waals surface area contributed by atoms with Gasteiger partial charge in [-0.1, -0.05) is 27.2 Å². The lowest BCUT2D eigenvalue weighted by Crippen LogP contribution is -2.20. The number of nitrogens with one attached hydrogen (secondary N) is 2. The average Bonchev–Trinajstić information content (AvgIpc) is 2.97. The molecule has 3 aromatic rings. The van der Waals surface area contributed by atoms with E-state index in [1.165, 1.54) is 0 Å². The van der Waals surface area contributed by atoms with Crippen molar-refractivity contribution in [1.82, 2.24) is 19.5 Å². The van der Waals surface area contributed by atoms with Gasteiger partial charge in [-0.25, -0.2) is 4.98 Å². The molecule has 128 valence electrons. The summed E-state index contributed by atoms with van der Waals surface area (Å²) in [6.45, 7) is 7.31. The Morgan fingerprint density at radius 3 is 2.84 bits per heavy atom. The highest BCUT2D eigenvalue weighted by Gasteiger charge is 2.12. The molecule has 25 heavy (non-hydrogen) atoms. The molecular weight excluding hydrogens is 312 g/mol. The lowest BCUT2D eigenvalue weighted by Gasteiger charge is -2.18. The van der Waals surface area contributed by atoms with E-state index < -0.39 is 0 Å². The molecular formula is C19H22N6. The molecule has 0 amide bonds. The van der Waals surface area contributed by atoms with E-state index in [1.807, 2.05) is 42.3 Å². The number of hydrogen-bond donors (Lipinski definition) is 2. The van der Waals surface area contributed by atoms with Gasteiger partial charge >= 0.3 is 0 Å². The van der Waals surface area contributed by atoms with E-state index in [0.29, 0.717) is 5.95 Å². The second kappa shape index (κ2) is 6.44. The van der Waals surface area contributed by atoms with Crippen molar-refractivity contribution in [3.63, 3.8) is 0 Å². The number of aryl methyl sites for hydroxylation is 1. The number of terminal acetylenes is 1. The molecule has 0 bridgehead atoms. The molecule has 6 nitrogen and oxygen atoms in total. The minimum atomic E-state index is 0.166. The Morgan fingerprint density at radius 2 is 2.16 bits per heavy atom. The molecule has 0 unspecified atom stereocenters. The highest BCUT2D eigenvalue weighted by Crippen LogP contribution is 2.27. The van der Waals surface area contributed by atoms with Crippen LogP contribution in [-0.2, 0) is 7.05 Å². The number of aromatic nitrogens is 4. The van der Waals surface area contributed by atoms with Gasteiger partial charge in [-0.2, -0.15) is 9.98 Å². The number of nitrogens with zero attached hydrogens (tertiary/aromatic N) is 4. The predicted molar refractivity (Wildman–Crippen MR) is 101 cm³/mol. The average molecular weight is 334 g/mol. The summed E-state index contributed by atoms with van der Waals surface area (Å²) in [5.41, 5.74) is 3.79. The molecule has 0 saturated heterocycles. The van der Waals surface area contributed by atoms with E-state index in [0.717, 1.165) is 34.2 Å². The van der Waals surface area contributed by atoms with E-state index in [2.05, 4.69) is 52.1 Å². The molecule has 0 saturated carbocycles. The fourth-order valence-corrected chi connectivity index (χ4v) is 2.52. The van der Waals surface area contributed by atoms with Gasteiger partial charge in [0.15, 0.2) is 0 Å². The summed E-state index contributed by atoms with van der Waals surface area (Å²) < 4.78 is 1.90. The Hall–Kier alpha value is -3.07. The second-order valence-electron chi connectivity index (χ2n) is 7.20. The molecule has 0 aliphatic heterocycles. The topological polar surface area (TPSA) is 70.9 Å². The molecule has 3 aromatic heterocycles. The van der Waals surface area contributed by atoms with E-state index in [-0.39, 0.29) is 5.41 Å². The molecule has 2 N–H and O–H groups in total. The normalized spacial score (nSPS) is 12.4. The van der Waals surface area contributed by atoms with Gasteiger partial charge in [-0.15, -0.1) is 0 Å². The predicted octanol–water partition coefficient (Wildman–Crippen LogP) is 2.91. The van der Waals surface area contributed by atoms with Crippen LogP contribution in [0.4, 0.5) is 5.95 Å². The molecule has 0 aromatic carbocycles. The third kappa shape index (κ3) is 3.72. The summed E-state index contributed by atoms with van der Waals surface area (Å²) in [6.07, 6.45) is 11.0. The third-order valence-electron chi connectivity index (χ3n) is 3.81. The molecule has 0 aliphatic carbocycles. The first-order valence-corrected chi connectivity index (χ1v) is 8.12. The zero-order valence-corrected chi connectivity index (χ0v) is 15.0. The van der Waals surface area contributed by atoms with Crippen LogP contribution in [0.2, 0.25) is 0 Å². The highest BCUT2D eigenvalue weighted by molar-refractivity contribution is 5.93. The summed E-state index contributed by atoms with van der Waals surface area (Å²) in [5, 5.41) is 4.25. The number of fused-ring (bicyclic) bond motifs is 1. The first-order chi connectivity index (χ1) is 11.9. The van der Waals surface area contributed by atoms with Crippen molar-refractivity contribution in [3.05, 3.63) is 36.2 Å². The Labute approximate surface area is 147 Å². The fraction of sp³-hybridized carbons (Fsp3) is 0.316. The minimum absolute atomic E-state index is 0.166. The maximum Gasteiger partial charge on any atom is 0.224 e. The van der Waals surface area contributed by atoms with Gasteiger partial charge in [0.2, 0.25) is 5.95 Å². The molecule has 6 heteroatoms. The molecule has 0 aliphatic rings. The summed E-state index contributed by atoms with van der Waals surface area (Å²) >= 11 is 0. The van der Waals surface area contributed by atoms with Crippen molar-refractivity contribution in [2.75, 3.05) is 11.9 Å². The molecule has 3 heterocycles. The standard InChI is InChI=1S/C19H22N6/c1-6-20-16-8-7-13(11-25(16)5)14-9-21-17-15(14)10-22-18(24-17)23-12-19(2,3)4/h1,7-11H,12H2,2-5H3,(H2,21,22,23,24). The first-order valence-electron chi connectivity index (χ1n) is 8.12. The van der Waals surface area contributed by atoms with Gasteiger partial charge < -0.3 is 14.9 Å². The lowest BCUT2D eigenvalue weighted by atomic mass is 9.97. The molecule has 0 spiro atoms. The number of pyridine rings is 1. The van der Waals surface area contributed by atoms with E-state index in [9.17, 15) is 0 Å². The second-order valence-corrected chi connectivity index (χ2v) is 7.20. The number of aromatic amines is 1. The SMILES string of the molecule is C#CN=c1ccc(-c2c[nH]c3nc(NCC(C)(C)C)ncc23)cn1C. The van der Waals surface area contributed by atoms with E-state index in [4.69, 9.17) is 6.42 Å². The summed E-state index contributed by atoms with van der Waals surface area (Å²) in [6, 6.07) is 6.20. The quantitative estimate of drug-likeness (QED) is 0.724. The van der Waals surface area contributed by atoms with E-state index in [1.54, 1.807) is 0 Å². The molecule has 0 radical (unpaired) electrons. The van der Waals surface area contributed by atoms with Gasteiger partial charge in [0, 0.05) is 54.7 Å². The van der Waals surface area contributed by atoms with Crippen LogP contribution >= 0.6 is 0 Å². The van der Waals surface area contributed by atoms with E-state index >= 15 is 0 Å². The maximum atomic E-state index is 5.24. The van der Waals surface area contributed by atoms with Crippen LogP contribution in [0.3, 0.4) is 0 Å². The van der Waals surface area contributed by atoms with Crippen LogP contribution in [0.25, 0.3) is 22.2 Å². The number of rotatable bonds is 3. The zero-order chi connectivity index (χ0) is 18.0. The number of H-pyrrole nitrogens is 1. The van der Waals surface area contributed by atoms with Crippen molar-refractivity contribution in [1.29, 1.82) is 0 Å². The van der Waals surface area contributed by atoms with Crippen molar-refractivity contribution < 1.29 is 0 Å². The van der Waals surface area contributed by atoms with Gasteiger partial charge in [0.25, 0.3) is 0 Å². The Balaban J connectivity index is 1.95. The van der Waals surface area contributed by atoms with Gasteiger partial charge in [-0.3, -0.25) is 0 Å². The lowest BCUT2D eigenvalue weighted by molar-refractivity contribution is 0.442. The Morgan fingerprint density at radius 1 is 1.36 bits per heavy atom. The van der Waals surface area contributed by atoms with Gasteiger partial charge in [-0.05, 0) is 17.5 Å². The fourth-order valence-electron chi connectivity index (χ4n) is 2.52.